The molecular weight excluding hydrogens is 264 g/mol. The maximum atomic E-state index is 12.1. The molecule has 1 aromatic rings. The monoisotopic (exact) mass is 284 g/mol. The minimum atomic E-state index is -0.235. The van der Waals surface area contributed by atoms with Gasteiger partial charge in [-0.1, -0.05) is 18.5 Å². The summed E-state index contributed by atoms with van der Waals surface area (Å²) in [7, 11) is 0. The Morgan fingerprint density at radius 1 is 1.47 bits per heavy atom. The van der Waals surface area contributed by atoms with E-state index in [1.165, 1.54) is 4.68 Å². The Kier molecular flexibility index (Phi) is 4.16. The average Bonchev–Trinajstić information content (AvgIpc) is 2.30. The predicted octanol–water partition coefficient (Wildman–Crippen LogP) is 1.65. The summed E-state index contributed by atoms with van der Waals surface area (Å²) in [6.45, 7) is 7.55. The number of halogens is 1. The zero-order chi connectivity index (χ0) is 14.2. The standard InChI is InChI=1S/C13H21ClN4O/c1-8(2)18-13(19)12(14)11(5-16-18)17-6-9(3)4-10(15)7-17/h5,8-10H,4,6-7,15H2,1-3H3. The van der Waals surface area contributed by atoms with Crippen LogP contribution in [0.2, 0.25) is 5.02 Å². The van der Waals surface area contributed by atoms with E-state index in [2.05, 4.69) is 16.9 Å². The van der Waals surface area contributed by atoms with Crippen LogP contribution in [0, 0.1) is 5.92 Å². The molecule has 1 aliphatic rings. The number of anilines is 1. The highest BCUT2D eigenvalue weighted by Crippen LogP contribution is 2.26. The quantitative estimate of drug-likeness (QED) is 0.897. The van der Waals surface area contributed by atoms with Crippen molar-refractivity contribution in [2.24, 2.45) is 11.7 Å². The lowest BCUT2D eigenvalue weighted by atomic mass is 9.96. The van der Waals surface area contributed by atoms with Crippen LogP contribution in [-0.2, 0) is 0 Å². The van der Waals surface area contributed by atoms with Gasteiger partial charge in [0, 0.05) is 19.1 Å². The van der Waals surface area contributed by atoms with Gasteiger partial charge in [0.15, 0.2) is 0 Å². The van der Waals surface area contributed by atoms with Crippen molar-refractivity contribution in [2.75, 3.05) is 18.0 Å². The highest BCUT2D eigenvalue weighted by atomic mass is 35.5. The van der Waals surface area contributed by atoms with E-state index in [0.717, 1.165) is 19.5 Å². The first-order valence-corrected chi connectivity index (χ1v) is 7.05. The zero-order valence-corrected chi connectivity index (χ0v) is 12.4. The van der Waals surface area contributed by atoms with Crippen molar-refractivity contribution in [1.82, 2.24) is 9.78 Å². The van der Waals surface area contributed by atoms with E-state index < -0.39 is 0 Å². The molecule has 1 aromatic heterocycles. The summed E-state index contributed by atoms with van der Waals surface area (Å²) in [6, 6.07) is 0.119. The highest BCUT2D eigenvalue weighted by Gasteiger charge is 2.25. The molecule has 2 atom stereocenters. The minimum absolute atomic E-state index is 0.00147. The Balaban J connectivity index is 2.36. The van der Waals surface area contributed by atoms with Crippen LogP contribution in [0.25, 0.3) is 0 Å². The Morgan fingerprint density at radius 2 is 2.16 bits per heavy atom. The van der Waals surface area contributed by atoms with E-state index in [4.69, 9.17) is 17.3 Å². The van der Waals surface area contributed by atoms with Gasteiger partial charge in [0.05, 0.1) is 17.9 Å². The van der Waals surface area contributed by atoms with Crippen molar-refractivity contribution in [3.63, 3.8) is 0 Å². The van der Waals surface area contributed by atoms with Crippen molar-refractivity contribution < 1.29 is 0 Å². The minimum Gasteiger partial charge on any atom is -0.367 e. The fraction of sp³-hybridized carbons (Fsp3) is 0.692. The molecule has 6 heteroatoms. The van der Waals surface area contributed by atoms with Crippen LogP contribution in [-0.4, -0.2) is 28.9 Å². The molecule has 19 heavy (non-hydrogen) atoms. The Morgan fingerprint density at radius 3 is 2.74 bits per heavy atom. The molecule has 0 aliphatic carbocycles. The van der Waals surface area contributed by atoms with Crippen LogP contribution in [0.15, 0.2) is 11.0 Å². The molecule has 0 radical (unpaired) electrons. The van der Waals surface area contributed by atoms with E-state index in [9.17, 15) is 4.79 Å². The van der Waals surface area contributed by atoms with E-state index in [1.807, 2.05) is 13.8 Å². The topological polar surface area (TPSA) is 64.2 Å². The van der Waals surface area contributed by atoms with Gasteiger partial charge in [-0.25, -0.2) is 4.68 Å². The SMILES string of the molecule is CC1CC(N)CN(c2cnn(C(C)C)c(=O)c2Cl)C1. The van der Waals surface area contributed by atoms with E-state index in [0.29, 0.717) is 11.6 Å². The van der Waals surface area contributed by atoms with Gasteiger partial charge < -0.3 is 10.6 Å². The Hall–Kier alpha value is -1.07. The molecule has 2 rings (SSSR count). The van der Waals surface area contributed by atoms with Crippen molar-refractivity contribution in [3.8, 4) is 0 Å². The van der Waals surface area contributed by atoms with Gasteiger partial charge in [0.25, 0.3) is 5.56 Å². The normalized spacial score (nSPS) is 24.0. The van der Waals surface area contributed by atoms with Gasteiger partial charge in [-0.2, -0.15) is 5.10 Å². The molecule has 0 bridgehead atoms. The molecule has 106 valence electrons. The number of aromatic nitrogens is 2. The summed E-state index contributed by atoms with van der Waals surface area (Å²) >= 11 is 6.22. The smallest absolute Gasteiger partial charge is 0.287 e. The van der Waals surface area contributed by atoms with Gasteiger partial charge in [-0.15, -0.1) is 0 Å². The predicted molar refractivity (Wildman–Crippen MR) is 77.9 cm³/mol. The molecule has 1 aliphatic heterocycles. The molecule has 0 saturated carbocycles. The largest absolute Gasteiger partial charge is 0.367 e. The number of rotatable bonds is 2. The Bertz CT molecular complexity index is 504. The van der Waals surface area contributed by atoms with Gasteiger partial charge in [0.1, 0.15) is 5.02 Å². The van der Waals surface area contributed by atoms with E-state index in [-0.39, 0.29) is 22.7 Å². The summed E-state index contributed by atoms with van der Waals surface area (Å²) in [4.78, 5) is 14.2. The van der Waals surface area contributed by atoms with Gasteiger partial charge in [0.2, 0.25) is 0 Å². The zero-order valence-electron chi connectivity index (χ0n) is 11.6. The van der Waals surface area contributed by atoms with Crippen molar-refractivity contribution in [2.45, 2.75) is 39.3 Å². The van der Waals surface area contributed by atoms with E-state index in [1.54, 1.807) is 6.20 Å². The van der Waals surface area contributed by atoms with Crippen LogP contribution >= 0.6 is 11.6 Å². The molecule has 1 fully saturated rings. The van der Waals surface area contributed by atoms with Crippen LogP contribution in [0.5, 0.6) is 0 Å². The third kappa shape index (κ3) is 2.92. The lowest BCUT2D eigenvalue weighted by Gasteiger charge is -2.36. The fourth-order valence-corrected chi connectivity index (χ4v) is 2.88. The fourth-order valence-electron chi connectivity index (χ4n) is 2.62. The first-order chi connectivity index (χ1) is 8.90. The molecule has 5 nitrogen and oxygen atoms in total. The first kappa shape index (κ1) is 14.3. The summed E-state index contributed by atoms with van der Waals surface area (Å²) in [5.41, 5.74) is 6.50. The lowest BCUT2D eigenvalue weighted by molar-refractivity contribution is 0.400. The average molecular weight is 285 g/mol. The van der Waals surface area contributed by atoms with Crippen LogP contribution in [0.1, 0.15) is 33.2 Å². The second-order valence-electron chi connectivity index (χ2n) is 5.69. The second kappa shape index (κ2) is 5.51. The number of piperidine rings is 1. The molecule has 0 amide bonds. The molecule has 2 unspecified atom stereocenters. The third-order valence-corrected chi connectivity index (χ3v) is 3.80. The van der Waals surface area contributed by atoms with E-state index >= 15 is 0 Å². The second-order valence-corrected chi connectivity index (χ2v) is 6.07. The first-order valence-electron chi connectivity index (χ1n) is 6.68. The van der Waals surface area contributed by atoms with Crippen LogP contribution < -0.4 is 16.2 Å². The highest BCUT2D eigenvalue weighted by molar-refractivity contribution is 6.33. The molecule has 1 saturated heterocycles. The Labute approximate surface area is 118 Å². The summed E-state index contributed by atoms with van der Waals surface area (Å²) < 4.78 is 1.40. The third-order valence-electron chi connectivity index (χ3n) is 3.45. The van der Waals surface area contributed by atoms with Gasteiger partial charge >= 0.3 is 0 Å². The molecule has 0 spiro atoms. The van der Waals surface area contributed by atoms with Crippen molar-refractivity contribution in [3.05, 3.63) is 21.6 Å². The summed E-state index contributed by atoms with van der Waals surface area (Å²) in [5, 5.41) is 4.44. The van der Waals surface area contributed by atoms with Gasteiger partial charge in [-0.05, 0) is 26.2 Å². The summed E-state index contributed by atoms with van der Waals surface area (Å²) in [5.74, 6) is 0.493. The summed E-state index contributed by atoms with van der Waals surface area (Å²) in [6.07, 6.45) is 2.68. The van der Waals surface area contributed by atoms with Gasteiger partial charge in [-0.3, -0.25) is 4.79 Å². The van der Waals surface area contributed by atoms with Crippen LogP contribution in [0.3, 0.4) is 0 Å². The molecule has 2 N–H and O–H groups in total. The molecular formula is C13H21ClN4O. The molecule has 0 aromatic carbocycles. The number of nitrogens with two attached hydrogens (primary N) is 1. The maximum absolute atomic E-state index is 12.1. The van der Waals surface area contributed by atoms with Crippen molar-refractivity contribution >= 4 is 17.3 Å². The number of hydrogen-bond acceptors (Lipinski definition) is 4. The maximum Gasteiger partial charge on any atom is 0.287 e. The van der Waals surface area contributed by atoms with Crippen molar-refractivity contribution in [1.29, 1.82) is 0 Å². The molecule has 2 heterocycles. The lowest BCUT2D eigenvalue weighted by Crippen LogP contribution is -2.47. The number of nitrogens with zero attached hydrogens (tertiary/aromatic N) is 3. The van der Waals surface area contributed by atoms with Crippen LogP contribution in [0.4, 0.5) is 5.69 Å². The number of hydrogen-bond donors (Lipinski definition) is 1.